The average Bonchev–Trinajstić information content (AvgIpc) is 2.45. The van der Waals surface area contributed by atoms with E-state index < -0.39 is 5.97 Å². The number of rotatable bonds is 2. The zero-order valence-corrected chi connectivity index (χ0v) is 6.75. The van der Waals surface area contributed by atoms with E-state index in [4.69, 9.17) is 10.5 Å². The Balaban J connectivity index is 3.02. The second-order valence-electron chi connectivity index (χ2n) is 2.01. The second kappa shape index (κ2) is 3.12. The fourth-order valence-corrected chi connectivity index (χ4v) is 0.747. The van der Waals surface area contributed by atoms with Gasteiger partial charge in [-0.05, 0) is 0 Å². The maximum Gasteiger partial charge on any atom is 0.358 e. The molecule has 0 spiro atoms. The first kappa shape index (κ1) is 8.38. The van der Waals surface area contributed by atoms with Crippen molar-refractivity contribution in [2.24, 2.45) is 0 Å². The number of aromatic nitrogens is 2. The van der Waals surface area contributed by atoms with Crippen molar-refractivity contribution >= 4 is 11.7 Å². The maximum absolute atomic E-state index is 10.9. The SMILES string of the molecule is COC(=O)c1[nH]nc(OC)c1N. The van der Waals surface area contributed by atoms with Crippen LogP contribution in [0.15, 0.2) is 0 Å². The van der Waals surface area contributed by atoms with Crippen molar-refractivity contribution < 1.29 is 14.3 Å². The van der Waals surface area contributed by atoms with Gasteiger partial charge in [0.25, 0.3) is 5.88 Å². The predicted octanol–water partition coefficient (Wildman–Crippen LogP) is -0.213. The number of methoxy groups -OCH3 is 2. The highest BCUT2D eigenvalue weighted by Gasteiger charge is 2.17. The Morgan fingerprint density at radius 2 is 2.25 bits per heavy atom. The minimum atomic E-state index is -0.566. The molecule has 0 atom stereocenters. The normalized spacial score (nSPS) is 9.50. The molecule has 0 aliphatic rings. The standard InChI is InChI=1S/C6H9N3O3/c1-11-5-3(7)4(8-9-5)6(10)12-2/h7H2,1-2H3,(H,8,9). The molecule has 0 aliphatic carbocycles. The summed E-state index contributed by atoms with van der Waals surface area (Å²) in [5.74, 6) is -0.376. The van der Waals surface area contributed by atoms with Crippen LogP contribution in [0.25, 0.3) is 0 Å². The van der Waals surface area contributed by atoms with Crippen LogP contribution in [0.2, 0.25) is 0 Å². The molecule has 12 heavy (non-hydrogen) atoms. The monoisotopic (exact) mass is 171 g/mol. The summed E-state index contributed by atoms with van der Waals surface area (Å²) < 4.78 is 9.17. The van der Waals surface area contributed by atoms with Crippen LogP contribution in [0.1, 0.15) is 10.5 Å². The summed E-state index contributed by atoms with van der Waals surface area (Å²) >= 11 is 0. The van der Waals surface area contributed by atoms with Crippen molar-refractivity contribution in [1.29, 1.82) is 0 Å². The van der Waals surface area contributed by atoms with Crippen LogP contribution in [0.3, 0.4) is 0 Å². The first-order chi connectivity index (χ1) is 5.70. The van der Waals surface area contributed by atoms with Crippen LogP contribution in [0, 0.1) is 0 Å². The molecule has 0 radical (unpaired) electrons. The van der Waals surface area contributed by atoms with Gasteiger partial charge < -0.3 is 15.2 Å². The number of nitrogens with one attached hydrogen (secondary N) is 1. The molecule has 1 rings (SSSR count). The molecule has 0 aliphatic heterocycles. The molecule has 0 bridgehead atoms. The molecule has 1 heterocycles. The molecular formula is C6H9N3O3. The lowest BCUT2D eigenvalue weighted by Gasteiger charge is -1.96. The van der Waals surface area contributed by atoms with E-state index in [0.29, 0.717) is 0 Å². The Kier molecular flexibility index (Phi) is 2.18. The van der Waals surface area contributed by atoms with E-state index in [1.165, 1.54) is 14.2 Å². The zero-order valence-electron chi connectivity index (χ0n) is 6.75. The van der Waals surface area contributed by atoms with Crippen molar-refractivity contribution in [2.75, 3.05) is 20.0 Å². The number of hydrogen-bond donors (Lipinski definition) is 2. The highest BCUT2D eigenvalue weighted by molar-refractivity contribution is 5.93. The summed E-state index contributed by atoms with van der Waals surface area (Å²) in [5.41, 5.74) is 5.73. The van der Waals surface area contributed by atoms with Gasteiger partial charge >= 0.3 is 5.97 Å². The van der Waals surface area contributed by atoms with Gasteiger partial charge in [-0.2, -0.15) is 0 Å². The van der Waals surface area contributed by atoms with Gasteiger partial charge in [0.15, 0.2) is 5.69 Å². The lowest BCUT2D eigenvalue weighted by molar-refractivity contribution is 0.0595. The summed E-state index contributed by atoms with van der Waals surface area (Å²) in [5, 5.41) is 6.03. The van der Waals surface area contributed by atoms with E-state index >= 15 is 0 Å². The molecule has 66 valence electrons. The van der Waals surface area contributed by atoms with E-state index in [1.54, 1.807) is 0 Å². The highest BCUT2D eigenvalue weighted by Crippen LogP contribution is 2.21. The summed E-state index contributed by atoms with van der Waals surface area (Å²) in [6.45, 7) is 0. The molecule has 0 saturated heterocycles. The van der Waals surface area contributed by atoms with E-state index in [-0.39, 0.29) is 17.3 Å². The first-order valence-corrected chi connectivity index (χ1v) is 3.16. The smallest absolute Gasteiger partial charge is 0.358 e. The molecule has 0 unspecified atom stereocenters. The van der Waals surface area contributed by atoms with E-state index in [2.05, 4.69) is 14.9 Å². The number of aromatic amines is 1. The van der Waals surface area contributed by atoms with Crippen LogP contribution in [-0.4, -0.2) is 30.4 Å². The maximum atomic E-state index is 10.9. The van der Waals surface area contributed by atoms with Crippen LogP contribution in [0.5, 0.6) is 5.88 Å². The van der Waals surface area contributed by atoms with Crippen molar-refractivity contribution in [1.82, 2.24) is 10.2 Å². The Labute approximate surface area is 68.7 Å². The second-order valence-corrected chi connectivity index (χ2v) is 2.01. The molecule has 0 amide bonds. The fraction of sp³-hybridized carbons (Fsp3) is 0.333. The molecule has 1 aromatic heterocycles. The quantitative estimate of drug-likeness (QED) is 0.600. The highest BCUT2D eigenvalue weighted by atomic mass is 16.5. The number of carbonyl (C=O) groups excluding carboxylic acids is 1. The summed E-state index contributed by atoms with van der Waals surface area (Å²) in [7, 11) is 2.67. The van der Waals surface area contributed by atoms with Crippen molar-refractivity contribution in [3.8, 4) is 5.88 Å². The lowest BCUT2D eigenvalue weighted by atomic mass is 10.4. The molecular weight excluding hydrogens is 162 g/mol. The van der Waals surface area contributed by atoms with Gasteiger partial charge in [-0.25, -0.2) is 4.79 Å². The largest absolute Gasteiger partial charge is 0.478 e. The molecule has 0 aromatic carbocycles. The molecule has 0 saturated carbocycles. The van der Waals surface area contributed by atoms with Crippen LogP contribution >= 0.6 is 0 Å². The van der Waals surface area contributed by atoms with E-state index in [1.807, 2.05) is 0 Å². The topological polar surface area (TPSA) is 90.2 Å². The minimum absolute atomic E-state index is 0.106. The number of hydrogen-bond acceptors (Lipinski definition) is 5. The number of ether oxygens (including phenoxy) is 2. The Morgan fingerprint density at radius 3 is 2.67 bits per heavy atom. The third kappa shape index (κ3) is 1.18. The molecule has 6 nitrogen and oxygen atoms in total. The van der Waals surface area contributed by atoms with Gasteiger partial charge in [-0.3, -0.25) is 5.10 Å². The van der Waals surface area contributed by atoms with Crippen molar-refractivity contribution in [3.63, 3.8) is 0 Å². The van der Waals surface area contributed by atoms with Crippen LogP contribution in [0.4, 0.5) is 5.69 Å². The van der Waals surface area contributed by atoms with Crippen molar-refractivity contribution in [2.45, 2.75) is 0 Å². The lowest BCUT2D eigenvalue weighted by Crippen LogP contribution is -2.04. The number of nitrogen functional groups attached to an aromatic ring is 1. The van der Waals surface area contributed by atoms with Crippen LogP contribution in [-0.2, 0) is 4.74 Å². The third-order valence-corrected chi connectivity index (χ3v) is 1.35. The number of carbonyl (C=O) groups is 1. The van der Waals surface area contributed by atoms with Gasteiger partial charge in [0, 0.05) is 0 Å². The van der Waals surface area contributed by atoms with E-state index in [0.717, 1.165) is 0 Å². The van der Waals surface area contributed by atoms with Crippen LogP contribution < -0.4 is 10.5 Å². The number of nitrogens with two attached hydrogens (primary N) is 1. The number of nitrogens with zero attached hydrogens (tertiary/aromatic N) is 1. The number of H-pyrrole nitrogens is 1. The minimum Gasteiger partial charge on any atom is -0.478 e. The van der Waals surface area contributed by atoms with Gasteiger partial charge in [0.1, 0.15) is 5.69 Å². The van der Waals surface area contributed by atoms with Gasteiger partial charge in [-0.1, -0.05) is 0 Å². The molecule has 0 fully saturated rings. The Bertz CT molecular complexity index is 294. The Hall–Kier alpha value is -1.72. The van der Waals surface area contributed by atoms with Gasteiger partial charge in [0.05, 0.1) is 14.2 Å². The Morgan fingerprint density at radius 1 is 1.58 bits per heavy atom. The molecule has 3 N–H and O–H groups in total. The predicted molar refractivity (Wildman–Crippen MR) is 40.9 cm³/mol. The summed E-state index contributed by atoms with van der Waals surface area (Å²) in [4.78, 5) is 10.9. The molecule has 6 heteroatoms. The van der Waals surface area contributed by atoms with Gasteiger partial charge in [0.2, 0.25) is 0 Å². The molecule has 1 aromatic rings. The average molecular weight is 171 g/mol. The summed E-state index contributed by atoms with van der Waals surface area (Å²) in [6, 6.07) is 0. The van der Waals surface area contributed by atoms with Crippen molar-refractivity contribution in [3.05, 3.63) is 5.69 Å². The van der Waals surface area contributed by atoms with E-state index in [9.17, 15) is 4.79 Å². The number of anilines is 1. The third-order valence-electron chi connectivity index (χ3n) is 1.35. The first-order valence-electron chi connectivity index (χ1n) is 3.16. The zero-order chi connectivity index (χ0) is 9.14. The summed E-state index contributed by atoms with van der Waals surface area (Å²) in [6.07, 6.45) is 0. The fourth-order valence-electron chi connectivity index (χ4n) is 0.747. The van der Waals surface area contributed by atoms with Gasteiger partial charge in [-0.15, -0.1) is 5.10 Å². The number of esters is 1.